The molecule has 1 aromatic carbocycles. The number of aromatic nitrogens is 3. The second kappa shape index (κ2) is 11.4. The normalized spacial score (nSPS) is 16.9. The van der Waals surface area contributed by atoms with Crippen molar-refractivity contribution in [1.82, 2.24) is 19.9 Å². The monoisotopic (exact) mass is 573 g/mol. The number of hydrogen-bond acceptors (Lipinski definition) is 10. The number of fused-ring (bicyclic) bond motifs is 1. The number of rotatable bonds is 8. The summed E-state index contributed by atoms with van der Waals surface area (Å²) in [6.07, 6.45) is 5.07. The largest absolute Gasteiger partial charge is 0.495 e. The van der Waals surface area contributed by atoms with E-state index in [1.165, 1.54) is 38.8 Å². The van der Waals surface area contributed by atoms with Crippen LogP contribution < -0.4 is 20.3 Å². The van der Waals surface area contributed by atoms with E-state index in [0.717, 1.165) is 46.0 Å². The zero-order valence-electron chi connectivity index (χ0n) is 24.3. The summed E-state index contributed by atoms with van der Waals surface area (Å²) in [5.41, 5.74) is 2.62. The summed E-state index contributed by atoms with van der Waals surface area (Å²) in [6, 6.07) is 12.5. The van der Waals surface area contributed by atoms with E-state index in [0.29, 0.717) is 29.3 Å². The number of thiophene rings is 1. The maximum atomic E-state index is 10.4. The Labute approximate surface area is 245 Å². The highest BCUT2D eigenvalue weighted by Gasteiger charge is 2.27. The zero-order chi connectivity index (χ0) is 28.6. The van der Waals surface area contributed by atoms with Crippen LogP contribution in [0, 0.1) is 6.92 Å². The summed E-state index contributed by atoms with van der Waals surface area (Å²) in [7, 11) is 1.73. The average Bonchev–Trinajstić information content (AvgIpc) is 3.63. The van der Waals surface area contributed by atoms with Crippen molar-refractivity contribution in [2.75, 3.05) is 48.8 Å². The Morgan fingerprint density at radius 2 is 1.78 bits per heavy atom. The molecule has 9 nitrogen and oxygen atoms in total. The first-order chi connectivity index (χ1) is 19.8. The molecule has 3 N–H and O–H groups in total. The molecular formula is C31H39N7O2S. The molecule has 2 aliphatic rings. The first-order valence-corrected chi connectivity index (χ1v) is 15.3. The third-order valence-electron chi connectivity index (χ3n) is 8.14. The number of anilines is 5. The molecule has 0 unspecified atom stereocenters. The van der Waals surface area contributed by atoms with E-state index in [9.17, 15) is 5.11 Å². The maximum Gasteiger partial charge on any atom is 0.230 e. The predicted molar refractivity (Wildman–Crippen MR) is 167 cm³/mol. The van der Waals surface area contributed by atoms with Crippen LogP contribution in [0.3, 0.4) is 0 Å². The summed E-state index contributed by atoms with van der Waals surface area (Å²) >= 11 is 1.58. The number of hydrogen-bond donors (Lipinski definition) is 3. The van der Waals surface area contributed by atoms with E-state index in [1.54, 1.807) is 32.3 Å². The summed E-state index contributed by atoms with van der Waals surface area (Å²) < 4.78 is 5.85. The highest BCUT2D eigenvalue weighted by atomic mass is 32.1. The zero-order valence-corrected chi connectivity index (χ0v) is 25.1. The van der Waals surface area contributed by atoms with Crippen molar-refractivity contribution in [1.29, 1.82) is 0 Å². The first-order valence-electron chi connectivity index (χ1n) is 14.5. The smallest absolute Gasteiger partial charge is 0.230 e. The molecule has 0 bridgehead atoms. The van der Waals surface area contributed by atoms with Gasteiger partial charge in [0.05, 0.1) is 23.9 Å². The molecule has 41 heavy (non-hydrogen) atoms. The number of aryl methyl sites for hydroxylation is 1. The summed E-state index contributed by atoms with van der Waals surface area (Å²) in [5, 5.41) is 20.2. The molecule has 216 valence electrons. The fourth-order valence-corrected chi connectivity index (χ4v) is 6.84. The van der Waals surface area contributed by atoms with Gasteiger partial charge in [-0.05, 0) is 94.8 Å². The predicted octanol–water partition coefficient (Wildman–Crippen LogP) is 6.18. The highest BCUT2D eigenvalue weighted by molar-refractivity contribution is 7.17. The number of nitrogens with one attached hydrogen (secondary N) is 2. The van der Waals surface area contributed by atoms with Gasteiger partial charge in [0.15, 0.2) is 0 Å². The molecule has 2 fully saturated rings. The Balaban J connectivity index is 1.22. The minimum Gasteiger partial charge on any atom is -0.495 e. The molecule has 0 saturated carbocycles. The van der Waals surface area contributed by atoms with Crippen LogP contribution in [0.25, 0.3) is 10.2 Å². The van der Waals surface area contributed by atoms with Crippen LogP contribution in [-0.2, 0) is 5.60 Å². The molecule has 2 saturated heterocycles. The van der Waals surface area contributed by atoms with E-state index in [2.05, 4.69) is 49.9 Å². The van der Waals surface area contributed by atoms with Crippen LogP contribution in [-0.4, -0.2) is 64.3 Å². The number of benzene rings is 1. The van der Waals surface area contributed by atoms with Crippen LogP contribution >= 0.6 is 11.3 Å². The molecule has 5 heterocycles. The SMILES string of the molecule is COc1cc(Nc2nc(Nc3cccc(C(C)(C)O)n3)c3c(C)csc3n2)ccc1N1CCC(N2CCCC2)CC1. The van der Waals surface area contributed by atoms with Gasteiger partial charge in [-0.2, -0.15) is 4.98 Å². The Bertz CT molecular complexity index is 1520. The van der Waals surface area contributed by atoms with Gasteiger partial charge < -0.3 is 30.3 Å². The van der Waals surface area contributed by atoms with Crippen LogP contribution in [0.2, 0.25) is 0 Å². The second-order valence-electron chi connectivity index (χ2n) is 11.6. The fourth-order valence-electron chi connectivity index (χ4n) is 5.92. The summed E-state index contributed by atoms with van der Waals surface area (Å²) in [5.74, 6) is 2.61. The van der Waals surface area contributed by atoms with E-state index in [1.807, 2.05) is 24.3 Å². The molecule has 3 aromatic heterocycles. The number of methoxy groups -OCH3 is 1. The molecule has 0 radical (unpaired) electrons. The van der Waals surface area contributed by atoms with E-state index in [-0.39, 0.29) is 0 Å². The lowest BCUT2D eigenvalue weighted by Gasteiger charge is -2.38. The third kappa shape index (κ3) is 5.95. The molecule has 0 atom stereocenters. The average molecular weight is 574 g/mol. The van der Waals surface area contributed by atoms with Gasteiger partial charge in [-0.1, -0.05) is 6.07 Å². The highest BCUT2D eigenvalue weighted by Crippen LogP contribution is 2.36. The number of pyridine rings is 1. The maximum absolute atomic E-state index is 10.4. The van der Waals surface area contributed by atoms with Gasteiger partial charge in [0.25, 0.3) is 0 Å². The molecule has 0 spiro atoms. The van der Waals surface area contributed by atoms with Gasteiger partial charge in [-0.3, -0.25) is 0 Å². The van der Waals surface area contributed by atoms with Crippen LogP contribution in [0.1, 0.15) is 50.8 Å². The summed E-state index contributed by atoms with van der Waals surface area (Å²) in [6.45, 7) is 10.1. The molecular weight excluding hydrogens is 534 g/mol. The van der Waals surface area contributed by atoms with E-state index < -0.39 is 5.60 Å². The van der Waals surface area contributed by atoms with Crippen molar-refractivity contribution in [3.8, 4) is 5.75 Å². The number of ether oxygens (including phenoxy) is 1. The second-order valence-corrected chi connectivity index (χ2v) is 12.4. The minimum absolute atomic E-state index is 0.488. The van der Waals surface area contributed by atoms with Crippen molar-refractivity contribution in [3.05, 3.63) is 53.0 Å². The van der Waals surface area contributed by atoms with Crippen molar-refractivity contribution < 1.29 is 9.84 Å². The van der Waals surface area contributed by atoms with Gasteiger partial charge in [-0.25, -0.2) is 9.97 Å². The number of nitrogens with zero attached hydrogens (tertiary/aromatic N) is 5. The van der Waals surface area contributed by atoms with E-state index in [4.69, 9.17) is 14.7 Å². The lowest BCUT2D eigenvalue weighted by Crippen LogP contribution is -2.43. The minimum atomic E-state index is -1.04. The molecule has 2 aliphatic heterocycles. The first kappa shape index (κ1) is 27.7. The number of piperidine rings is 1. The van der Waals surface area contributed by atoms with Gasteiger partial charge >= 0.3 is 0 Å². The Hall–Kier alpha value is -3.47. The van der Waals surface area contributed by atoms with Crippen molar-refractivity contribution in [2.45, 2.75) is 58.1 Å². The van der Waals surface area contributed by atoms with Gasteiger partial charge in [-0.15, -0.1) is 11.3 Å². The van der Waals surface area contributed by atoms with Crippen molar-refractivity contribution in [2.24, 2.45) is 0 Å². The van der Waals surface area contributed by atoms with Gasteiger partial charge in [0.2, 0.25) is 5.95 Å². The van der Waals surface area contributed by atoms with Crippen LogP contribution in [0.15, 0.2) is 41.8 Å². The molecule has 4 aromatic rings. The van der Waals surface area contributed by atoms with Crippen LogP contribution in [0.4, 0.5) is 29.0 Å². The standard InChI is InChI=1S/C31H39N7O2S/c1-20-19-41-29-27(20)28(34-26-9-7-8-25(33-26)31(2,3)39)35-30(36-29)32-21-10-11-23(24(18-21)40-4)38-16-12-22(13-17-38)37-14-5-6-15-37/h7-11,18-19,22,39H,5-6,12-17H2,1-4H3,(H2,32,33,34,35,36). The van der Waals surface area contributed by atoms with Gasteiger partial charge in [0.1, 0.15) is 27.8 Å². The van der Waals surface area contributed by atoms with E-state index >= 15 is 0 Å². The number of likely N-dealkylation sites (tertiary alicyclic amines) is 1. The third-order valence-corrected chi connectivity index (χ3v) is 9.13. The molecule has 0 aliphatic carbocycles. The topological polar surface area (TPSA) is 98.7 Å². The summed E-state index contributed by atoms with van der Waals surface area (Å²) in [4.78, 5) is 20.3. The van der Waals surface area contributed by atoms with Crippen LogP contribution in [0.5, 0.6) is 5.75 Å². The fraction of sp³-hybridized carbons (Fsp3) is 0.452. The lowest BCUT2D eigenvalue weighted by molar-refractivity contribution is 0.0740. The van der Waals surface area contributed by atoms with Crippen molar-refractivity contribution in [3.63, 3.8) is 0 Å². The van der Waals surface area contributed by atoms with Gasteiger partial charge in [0, 0.05) is 30.9 Å². The molecule has 0 amide bonds. The van der Waals surface area contributed by atoms with Crippen molar-refractivity contribution >= 4 is 50.5 Å². The molecule has 10 heteroatoms. The Morgan fingerprint density at radius 1 is 1.00 bits per heavy atom. The quantitative estimate of drug-likeness (QED) is 0.228. The number of aliphatic hydroxyl groups is 1. The molecule has 6 rings (SSSR count). The lowest BCUT2D eigenvalue weighted by atomic mass is 10.0. The Kier molecular flexibility index (Phi) is 7.72. The Morgan fingerprint density at radius 3 is 2.51 bits per heavy atom.